The van der Waals surface area contributed by atoms with E-state index in [1.807, 2.05) is 20.0 Å². The fourth-order valence-corrected chi connectivity index (χ4v) is 1.67. The Labute approximate surface area is 98.1 Å². The molecule has 2 rings (SSSR count). The first kappa shape index (κ1) is 10.7. The summed E-state index contributed by atoms with van der Waals surface area (Å²) in [5.74, 6) is 0. The van der Waals surface area contributed by atoms with Crippen LogP contribution in [-0.2, 0) is 7.05 Å². The third-order valence-electron chi connectivity index (χ3n) is 2.41. The van der Waals surface area contributed by atoms with E-state index in [4.69, 9.17) is 16.9 Å². The zero-order valence-electron chi connectivity index (χ0n) is 8.90. The lowest BCUT2D eigenvalue weighted by Crippen LogP contribution is -1.92. The van der Waals surface area contributed by atoms with Crippen molar-refractivity contribution in [1.82, 2.24) is 14.8 Å². The van der Waals surface area contributed by atoms with Gasteiger partial charge >= 0.3 is 0 Å². The molecule has 0 bridgehead atoms. The minimum atomic E-state index is 0.358. The molecule has 0 saturated heterocycles. The molecular weight excluding hydrogens is 224 g/mol. The lowest BCUT2D eigenvalue weighted by atomic mass is 10.1. The average Bonchev–Trinajstić information content (AvgIpc) is 2.57. The van der Waals surface area contributed by atoms with E-state index in [1.165, 1.54) is 0 Å². The summed E-state index contributed by atoms with van der Waals surface area (Å²) < 4.78 is 1.71. The van der Waals surface area contributed by atoms with Crippen molar-refractivity contribution in [3.05, 3.63) is 34.7 Å². The molecule has 16 heavy (non-hydrogen) atoms. The van der Waals surface area contributed by atoms with Crippen molar-refractivity contribution in [2.45, 2.75) is 6.92 Å². The molecule has 0 N–H and O–H groups in total. The molecule has 80 valence electrons. The SMILES string of the molecule is Cc1c(Cl)c(-c2ccnc(C#N)c2)nn1C. The molecular formula is C11H9ClN4. The molecule has 0 aliphatic carbocycles. The predicted octanol–water partition coefficient (Wildman–Crippen LogP) is 2.32. The molecule has 0 saturated carbocycles. The first-order valence-electron chi connectivity index (χ1n) is 4.69. The van der Waals surface area contributed by atoms with E-state index in [1.54, 1.807) is 23.0 Å². The fraction of sp³-hybridized carbons (Fsp3) is 0.182. The Morgan fingerprint density at radius 1 is 1.50 bits per heavy atom. The van der Waals surface area contributed by atoms with E-state index in [9.17, 15) is 0 Å². The maximum Gasteiger partial charge on any atom is 0.141 e. The van der Waals surface area contributed by atoms with Crippen molar-refractivity contribution in [2.24, 2.45) is 7.05 Å². The molecule has 0 unspecified atom stereocenters. The summed E-state index contributed by atoms with van der Waals surface area (Å²) in [6.07, 6.45) is 1.58. The van der Waals surface area contributed by atoms with Gasteiger partial charge in [-0.3, -0.25) is 4.68 Å². The fourth-order valence-electron chi connectivity index (χ4n) is 1.41. The van der Waals surface area contributed by atoms with Crippen LogP contribution in [0.4, 0.5) is 0 Å². The van der Waals surface area contributed by atoms with Crippen molar-refractivity contribution >= 4 is 11.6 Å². The maximum absolute atomic E-state index is 8.77. The standard InChI is InChI=1S/C11H9ClN4/c1-7-10(12)11(15-16(7)2)8-3-4-14-9(5-8)6-13/h3-5H,1-2H3. The average molecular weight is 233 g/mol. The highest BCUT2D eigenvalue weighted by molar-refractivity contribution is 6.33. The molecule has 5 heteroatoms. The number of aromatic nitrogens is 3. The third kappa shape index (κ3) is 1.66. The zero-order valence-corrected chi connectivity index (χ0v) is 9.65. The van der Waals surface area contributed by atoms with Crippen LogP contribution < -0.4 is 0 Å². The van der Waals surface area contributed by atoms with Crippen molar-refractivity contribution in [3.8, 4) is 17.3 Å². The van der Waals surface area contributed by atoms with Crippen LogP contribution in [0.2, 0.25) is 5.02 Å². The summed E-state index contributed by atoms with van der Waals surface area (Å²) in [6, 6.07) is 5.45. The van der Waals surface area contributed by atoms with E-state index in [0.717, 1.165) is 11.3 Å². The van der Waals surface area contributed by atoms with Crippen LogP contribution in [-0.4, -0.2) is 14.8 Å². The smallest absolute Gasteiger partial charge is 0.141 e. The Hall–Kier alpha value is -1.86. The van der Waals surface area contributed by atoms with Gasteiger partial charge in [-0.1, -0.05) is 11.6 Å². The van der Waals surface area contributed by atoms with Gasteiger partial charge in [-0.05, 0) is 19.1 Å². The van der Waals surface area contributed by atoms with E-state index in [-0.39, 0.29) is 0 Å². The monoisotopic (exact) mass is 232 g/mol. The van der Waals surface area contributed by atoms with E-state index in [0.29, 0.717) is 16.4 Å². The largest absolute Gasteiger partial charge is 0.271 e. The van der Waals surface area contributed by atoms with Gasteiger partial charge in [0.05, 0.1) is 10.7 Å². The van der Waals surface area contributed by atoms with Crippen LogP contribution in [0.1, 0.15) is 11.4 Å². The summed E-state index contributed by atoms with van der Waals surface area (Å²) in [5, 5.41) is 13.7. The molecule has 0 spiro atoms. The van der Waals surface area contributed by atoms with Gasteiger partial charge in [-0.2, -0.15) is 10.4 Å². The molecule has 0 atom stereocenters. The Kier molecular flexibility index (Phi) is 2.63. The molecule has 0 aromatic carbocycles. The first-order chi connectivity index (χ1) is 7.63. The molecule has 0 aliphatic heterocycles. The summed E-state index contributed by atoms with van der Waals surface area (Å²) in [7, 11) is 1.83. The summed E-state index contributed by atoms with van der Waals surface area (Å²) >= 11 is 6.16. The number of pyridine rings is 1. The van der Waals surface area contributed by atoms with E-state index >= 15 is 0 Å². The van der Waals surface area contributed by atoms with Crippen molar-refractivity contribution in [2.75, 3.05) is 0 Å². The van der Waals surface area contributed by atoms with Crippen LogP contribution in [0.5, 0.6) is 0 Å². The Morgan fingerprint density at radius 3 is 2.81 bits per heavy atom. The third-order valence-corrected chi connectivity index (χ3v) is 2.86. The first-order valence-corrected chi connectivity index (χ1v) is 5.07. The van der Waals surface area contributed by atoms with Gasteiger partial charge in [0.2, 0.25) is 0 Å². The molecule has 0 radical (unpaired) electrons. The molecule has 0 fully saturated rings. The number of hydrogen-bond donors (Lipinski definition) is 0. The topological polar surface area (TPSA) is 54.5 Å². The van der Waals surface area contributed by atoms with Crippen LogP contribution in [0.15, 0.2) is 18.3 Å². The van der Waals surface area contributed by atoms with Crippen molar-refractivity contribution in [1.29, 1.82) is 5.26 Å². The second kappa shape index (κ2) is 3.95. The number of nitriles is 1. The minimum absolute atomic E-state index is 0.358. The van der Waals surface area contributed by atoms with Crippen LogP contribution in [0.3, 0.4) is 0 Å². The lowest BCUT2D eigenvalue weighted by Gasteiger charge is -1.97. The van der Waals surface area contributed by atoms with Crippen molar-refractivity contribution in [3.63, 3.8) is 0 Å². The molecule has 0 amide bonds. The highest BCUT2D eigenvalue weighted by atomic mass is 35.5. The molecule has 2 heterocycles. The summed E-state index contributed by atoms with van der Waals surface area (Å²) in [4.78, 5) is 3.90. The van der Waals surface area contributed by atoms with Crippen LogP contribution in [0.25, 0.3) is 11.3 Å². The van der Waals surface area contributed by atoms with Gasteiger partial charge in [0.25, 0.3) is 0 Å². The minimum Gasteiger partial charge on any atom is -0.271 e. The highest BCUT2D eigenvalue weighted by Crippen LogP contribution is 2.28. The van der Waals surface area contributed by atoms with Crippen LogP contribution >= 0.6 is 11.6 Å². The zero-order chi connectivity index (χ0) is 11.7. The molecule has 2 aromatic rings. The normalized spacial score (nSPS) is 10.1. The van der Waals surface area contributed by atoms with Gasteiger partial charge in [-0.15, -0.1) is 0 Å². The number of rotatable bonds is 1. The van der Waals surface area contributed by atoms with Gasteiger partial charge < -0.3 is 0 Å². The quantitative estimate of drug-likeness (QED) is 0.758. The van der Waals surface area contributed by atoms with Crippen molar-refractivity contribution < 1.29 is 0 Å². The van der Waals surface area contributed by atoms with E-state index < -0.39 is 0 Å². The van der Waals surface area contributed by atoms with Gasteiger partial charge in [0, 0.05) is 18.8 Å². The molecule has 2 aromatic heterocycles. The Morgan fingerprint density at radius 2 is 2.25 bits per heavy atom. The maximum atomic E-state index is 8.77. The number of hydrogen-bond acceptors (Lipinski definition) is 3. The summed E-state index contributed by atoms with van der Waals surface area (Å²) in [6.45, 7) is 1.89. The Balaban J connectivity index is 2.59. The number of aryl methyl sites for hydroxylation is 1. The lowest BCUT2D eigenvalue weighted by molar-refractivity contribution is 0.743. The number of nitrogens with zero attached hydrogens (tertiary/aromatic N) is 4. The second-order valence-electron chi connectivity index (χ2n) is 3.41. The number of halogens is 1. The molecule has 4 nitrogen and oxygen atoms in total. The van der Waals surface area contributed by atoms with Gasteiger partial charge in [0.15, 0.2) is 0 Å². The van der Waals surface area contributed by atoms with Gasteiger partial charge in [0.1, 0.15) is 17.5 Å². The van der Waals surface area contributed by atoms with Gasteiger partial charge in [-0.25, -0.2) is 4.98 Å². The van der Waals surface area contributed by atoms with Crippen LogP contribution in [0, 0.1) is 18.3 Å². The predicted molar refractivity (Wildman–Crippen MR) is 60.9 cm³/mol. The van der Waals surface area contributed by atoms with E-state index in [2.05, 4.69) is 10.1 Å². The second-order valence-corrected chi connectivity index (χ2v) is 3.79. The summed E-state index contributed by atoms with van der Waals surface area (Å²) in [5.41, 5.74) is 2.74. The highest BCUT2D eigenvalue weighted by Gasteiger charge is 2.12. The molecule has 0 aliphatic rings. The Bertz CT molecular complexity index is 580.